The van der Waals surface area contributed by atoms with Gasteiger partial charge in [0.25, 0.3) is 23.6 Å². The summed E-state index contributed by atoms with van der Waals surface area (Å²) in [6.07, 6.45) is 0. The summed E-state index contributed by atoms with van der Waals surface area (Å²) >= 11 is 0. The quantitative estimate of drug-likeness (QED) is 0.161. The minimum atomic E-state index is -0.331. The molecular weight excluding hydrogens is 681 g/mol. The van der Waals surface area contributed by atoms with Crippen LogP contribution in [0.25, 0.3) is 44.5 Å². The molecule has 0 aromatic heterocycles. The molecule has 9 rings (SSSR count). The van der Waals surface area contributed by atoms with Gasteiger partial charge in [-0.1, -0.05) is 114 Å². The van der Waals surface area contributed by atoms with Gasteiger partial charge in [0, 0.05) is 0 Å². The molecule has 2 aliphatic rings. The number of rotatable bonds is 6. The van der Waals surface area contributed by atoms with Gasteiger partial charge in [-0.05, 0) is 119 Å². The Morgan fingerprint density at radius 3 is 1.09 bits per heavy atom. The first-order valence-electron chi connectivity index (χ1n) is 18.2. The summed E-state index contributed by atoms with van der Waals surface area (Å²) in [5, 5.41) is 0. The monoisotopic (exact) mass is 714 g/mol. The van der Waals surface area contributed by atoms with Gasteiger partial charge in [-0.3, -0.25) is 19.2 Å². The van der Waals surface area contributed by atoms with Gasteiger partial charge in [-0.15, -0.1) is 0 Å². The molecule has 2 heterocycles. The lowest BCUT2D eigenvalue weighted by atomic mass is 9.97. The Hall–Kier alpha value is -7.18. The van der Waals surface area contributed by atoms with Crippen LogP contribution in [0, 0.1) is 20.8 Å². The van der Waals surface area contributed by atoms with Gasteiger partial charge in [0.2, 0.25) is 0 Å². The third-order valence-corrected chi connectivity index (χ3v) is 10.7. The SMILES string of the molecule is Cc1ccc(-c2ccc3c(c2)C(=O)N(c2ccc(-c4ccc(-c5ccc(N6C(=O)c7ccc(-c8ccc(C)cc8)cc7C6=O)cc5C)cc4)cc2)C3=O)cc1. The number of carbonyl (C=O) groups excluding carboxylic acids is 4. The van der Waals surface area contributed by atoms with Crippen LogP contribution in [0.3, 0.4) is 0 Å². The minimum Gasteiger partial charge on any atom is -0.268 e. The molecule has 0 spiro atoms. The summed E-state index contributed by atoms with van der Waals surface area (Å²) in [5.41, 5.74) is 13.6. The van der Waals surface area contributed by atoms with Gasteiger partial charge >= 0.3 is 0 Å². The molecule has 0 unspecified atom stereocenters. The molecule has 0 saturated heterocycles. The van der Waals surface area contributed by atoms with Crippen LogP contribution in [0.1, 0.15) is 58.1 Å². The van der Waals surface area contributed by atoms with E-state index >= 15 is 0 Å². The van der Waals surface area contributed by atoms with Gasteiger partial charge in [-0.2, -0.15) is 0 Å². The van der Waals surface area contributed by atoms with Crippen LogP contribution < -0.4 is 9.80 Å². The standard InChI is InChI=1S/C49H34N2O4/c1-29-4-8-34(9-5-29)37-18-23-42-44(27-37)48(54)50(46(42)52)39-20-16-33(17-21-39)32-12-14-36(15-13-32)41-25-22-40(26-31(41)3)51-47(53)43-24-19-38(28-45(43)49(51)55)35-10-6-30(2)7-11-35/h4-28H,1-3H3. The molecule has 2 aliphatic heterocycles. The Kier molecular flexibility index (Phi) is 7.98. The lowest BCUT2D eigenvalue weighted by Crippen LogP contribution is -2.29. The average Bonchev–Trinajstić information content (AvgIpc) is 3.61. The minimum absolute atomic E-state index is 0.326. The molecule has 0 N–H and O–H groups in total. The number of nitrogens with zero attached hydrogens (tertiary/aromatic N) is 2. The summed E-state index contributed by atoms with van der Waals surface area (Å²) in [6, 6.07) is 48.3. The molecule has 0 atom stereocenters. The second kappa shape index (κ2) is 13.0. The largest absolute Gasteiger partial charge is 0.268 e. The predicted molar refractivity (Wildman–Crippen MR) is 218 cm³/mol. The van der Waals surface area contributed by atoms with E-state index in [-0.39, 0.29) is 23.6 Å². The van der Waals surface area contributed by atoms with E-state index in [9.17, 15) is 19.2 Å². The lowest BCUT2D eigenvalue weighted by molar-refractivity contribution is 0.0910. The van der Waals surface area contributed by atoms with Crippen LogP contribution in [0.5, 0.6) is 0 Å². The zero-order valence-electron chi connectivity index (χ0n) is 30.5. The summed E-state index contributed by atoms with van der Waals surface area (Å²) in [6.45, 7) is 6.03. The number of anilines is 2. The molecule has 264 valence electrons. The summed E-state index contributed by atoms with van der Waals surface area (Å²) in [7, 11) is 0. The van der Waals surface area contributed by atoms with Gasteiger partial charge < -0.3 is 0 Å². The van der Waals surface area contributed by atoms with Crippen molar-refractivity contribution >= 4 is 35.0 Å². The number of benzene rings is 7. The highest BCUT2D eigenvalue weighted by molar-refractivity contribution is 6.35. The maximum absolute atomic E-state index is 13.6. The Morgan fingerprint density at radius 2 is 0.618 bits per heavy atom. The maximum atomic E-state index is 13.6. The zero-order valence-corrected chi connectivity index (χ0v) is 30.5. The molecule has 7 aromatic carbocycles. The van der Waals surface area contributed by atoms with Crippen molar-refractivity contribution in [2.75, 3.05) is 9.80 Å². The molecular formula is C49H34N2O4. The van der Waals surface area contributed by atoms with Gasteiger partial charge in [0.15, 0.2) is 0 Å². The van der Waals surface area contributed by atoms with Crippen molar-refractivity contribution in [3.05, 3.63) is 191 Å². The Labute approximate surface area is 318 Å². The highest BCUT2D eigenvalue weighted by atomic mass is 16.2. The predicted octanol–water partition coefficient (Wildman–Crippen LogP) is 10.9. The Bertz CT molecular complexity index is 2730. The molecule has 0 fully saturated rings. The first kappa shape index (κ1) is 33.6. The number of carbonyl (C=O) groups is 4. The topological polar surface area (TPSA) is 74.8 Å². The average molecular weight is 715 g/mol. The normalized spacial score (nSPS) is 13.4. The van der Waals surface area contributed by atoms with Crippen LogP contribution in [0.15, 0.2) is 152 Å². The number of imide groups is 2. The zero-order chi connectivity index (χ0) is 38.0. The van der Waals surface area contributed by atoms with Crippen molar-refractivity contribution in [1.29, 1.82) is 0 Å². The highest BCUT2D eigenvalue weighted by Gasteiger charge is 2.38. The number of fused-ring (bicyclic) bond motifs is 2. The van der Waals surface area contributed by atoms with E-state index in [2.05, 4.69) is 0 Å². The van der Waals surface area contributed by atoms with E-state index in [0.29, 0.717) is 33.6 Å². The summed E-state index contributed by atoms with van der Waals surface area (Å²) in [4.78, 5) is 56.5. The van der Waals surface area contributed by atoms with Crippen LogP contribution in [-0.2, 0) is 0 Å². The molecule has 6 heteroatoms. The molecule has 7 aromatic rings. The van der Waals surface area contributed by atoms with Crippen LogP contribution in [0.2, 0.25) is 0 Å². The molecule has 0 saturated carbocycles. The van der Waals surface area contributed by atoms with Gasteiger partial charge in [0.1, 0.15) is 0 Å². The number of aryl methyl sites for hydroxylation is 3. The number of hydrogen-bond acceptors (Lipinski definition) is 4. The fourth-order valence-corrected chi connectivity index (χ4v) is 7.56. The van der Waals surface area contributed by atoms with Gasteiger partial charge in [0.05, 0.1) is 33.6 Å². The molecule has 0 radical (unpaired) electrons. The third-order valence-electron chi connectivity index (χ3n) is 10.7. The van der Waals surface area contributed by atoms with Crippen LogP contribution >= 0.6 is 0 Å². The molecule has 0 bridgehead atoms. The fraction of sp³-hybridized carbons (Fsp3) is 0.0612. The van der Waals surface area contributed by atoms with Crippen molar-refractivity contribution in [1.82, 2.24) is 0 Å². The Morgan fingerprint density at radius 1 is 0.291 bits per heavy atom. The second-order valence-electron chi connectivity index (χ2n) is 14.3. The first-order chi connectivity index (χ1) is 26.6. The van der Waals surface area contributed by atoms with Crippen molar-refractivity contribution in [3.8, 4) is 44.5 Å². The van der Waals surface area contributed by atoms with Crippen molar-refractivity contribution < 1.29 is 19.2 Å². The van der Waals surface area contributed by atoms with Crippen molar-refractivity contribution in [3.63, 3.8) is 0 Å². The fourth-order valence-electron chi connectivity index (χ4n) is 7.56. The summed E-state index contributed by atoms with van der Waals surface area (Å²) in [5.74, 6) is -1.31. The first-order valence-corrected chi connectivity index (χ1v) is 18.2. The number of hydrogen-bond donors (Lipinski definition) is 0. The van der Waals surface area contributed by atoms with Crippen molar-refractivity contribution in [2.24, 2.45) is 0 Å². The van der Waals surface area contributed by atoms with Crippen LogP contribution in [0.4, 0.5) is 11.4 Å². The highest BCUT2D eigenvalue weighted by Crippen LogP contribution is 2.36. The summed E-state index contributed by atoms with van der Waals surface area (Å²) < 4.78 is 0. The molecule has 0 aliphatic carbocycles. The second-order valence-corrected chi connectivity index (χ2v) is 14.3. The molecule has 55 heavy (non-hydrogen) atoms. The molecule has 4 amide bonds. The van der Waals surface area contributed by atoms with Crippen molar-refractivity contribution in [2.45, 2.75) is 20.8 Å². The van der Waals surface area contributed by atoms with E-state index in [1.54, 1.807) is 30.3 Å². The lowest BCUT2D eigenvalue weighted by Gasteiger charge is -2.17. The van der Waals surface area contributed by atoms with E-state index in [0.717, 1.165) is 61.2 Å². The maximum Gasteiger partial charge on any atom is 0.266 e. The van der Waals surface area contributed by atoms with E-state index in [4.69, 9.17) is 0 Å². The van der Waals surface area contributed by atoms with E-state index in [1.165, 1.54) is 9.80 Å². The van der Waals surface area contributed by atoms with E-state index in [1.807, 2.05) is 142 Å². The molecule has 6 nitrogen and oxygen atoms in total. The van der Waals surface area contributed by atoms with E-state index < -0.39 is 0 Å². The smallest absolute Gasteiger partial charge is 0.266 e. The Balaban J connectivity index is 0.910. The van der Waals surface area contributed by atoms with Gasteiger partial charge in [-0.25, -0.2) is 9.80 Å². The third kappa shape index (κ3) is 5.76. The van der Waals surface area contributed by atoms with Crippen LogP contribution in [-0.4, -0.2) is 23.6 Å². The number of amides is 4.